The molecule has 0 aliphatic rings. The number of benzene rings is 1. The molecule has 9 heteroatoms. The summed E-state index contributed by atoms with van der Waals surface area (Å²) in [5.41, 5.74) is 0.710. The number of nitrogens with one attached hydrogen (secondary N) is 1. The zero-order valence-corrected chi connectivity index (χ0v) is 16.7. The van der Waals surface area contributed by atoms with Crippen molar-refractivity contribution in [2.45, 2.75) is 10.3 Å². The summed E-state index contributed by atoms with van der Waals surface area (Å²) in [6.45, 7) is -0.201. The van der Waals surface area contributed by atoms with Crippen LogP contribution in [0.2, 0.25) is 0 Å². The van der Waals surface area contributed by atoms with E-state index in [-0.39, 0.29) is 17.4 Å². The lowest BCUT2D eigenvalue weighted by Crippen LogP contribution is -2.35. The van der Waals surface area contributed by atoms with E-state index in [2.05, 4.69) is 9.71 Å². The maximum absolute atomic E-state index is 12.4. The van der Waals surface area contributed by atoms with Gasteiger partial charge in [-0.2, -0.15) is 0 Å². The number of rotatable bonds is 9. The number of methoxy groups -OCH3 is 1. The number of ether oxygens (including phenoxy) is 2. The summed E-state index contributed by atoms with van der Waals surface area (Å²) in [6, 6.07) is 15.6. The second-order valence-electron chi connectivity index (χ2n) is 5.83. The van der Waals surface area contributed by atoms with Crippen molar-refractivity contribution in [1.82, 2.24) is 9.71 Å². The van der Waals surface area contributed by atoms with Crippen LogP contribution in [-0.2, 0) is 10.0 Å². The Hall–Kier alpha value is -2.46. The van der Waals surface area contributed by atoms with Crippen molar-refractivity contribution in [3.8, 4) is 22.1 Å². The largest absolute Gasteiger partial charge is 0.497 e. The first kappa shape index (κ1) is 20.3. The molecule has 0 bridgehead atoms. The summed E-state index contributed by atoms with van der Waals surface area (Å²) in [4.78, 5) is 4.97. The van der Waals surface area contributed by atoms with E-state index in [0.29, 0.717) is 17.2 Å². The Morgan fingerprint density at radius 2 is 1.86 bits per heavy atom. The monoisotopic (exact) mass is 420 g/mol. The van der Waals surface area contributed by atoms with Crippen molar-refractivity contribution in [2.75, 3.05) is 20.3 Å². The fourth-order valence-corrected chi connectivity index (χ4v) is 4.71. The van der Waals surface area contributed by atoms with Crippen LogP contribution in [0.15, 0.2) is 65.0 Å². The van der Waals surface area contributed by atoms with E-state index < -0.39 is 16.1 Å². The van der Waals surface area contributed by atoms with E-state index in [0.717, 1.165) is 16.2 Å². The number of nitrogens with zero attached hydrogens (tertiary/aromatic N) is 1. The van der Waals surface area contributed by atoms with Gasteiger partial charge in [-0.1, -0.05) is 6.07 Å². The minimum atomic E-state index is -3.73. The Kier molecular flexibility index (Phi) is 6.63. The van der Waals surface area contributed by atoms with Crippen molar-refractivity contribution >= 4 is 21.4 Å². The molecule has 1 aromatic carbocycles. The first-order valence-corrected chi connectivity index (χ1v) is 10.7. The van der Waals surface area contributed by atoms with Gasteiger partial charge in [0.1, 0.15) is 28.4 Å². The van der Waals surface area contributed by atoms with Crippen molar-refractivity contribution in [1.29, 1.82) is 0 Å². The number of hydrogen-bond acceptors (Lipinski definition) is 7. The van der Waals surface area contributed by atoms with Crippen molar-refractivity contribution in [2.24, 2.45) is 0 Å². The van der Waals surface area contributed by atoms with Crippen molar-refractivity contribution in [3.63, 3.8) is 0 Å². The summed E-state index contributed by atoms with van der Waals surface area (Å²) in [5, 5.41) is 10.0. The Labute approximate surface area is 167 Å². The number of aliphatic hydroxyl groups is 1. The summed E-state index contributed by atoms with van der Waals surface area (Å²) in [5.74, 6) is 1.25. The second-order valence-corrected chi connectivity index (χ2v) is 8.90. The van der Waals surface area contributed by atoms with Crippen LogP contribution in [0.25, 0.3) is 10.6 Å². The molecular formula is C19H20N2O5S2. The molecule has 7 nitrogen and oxygen atoms in total. The van der Waals surface area contributed by atoms with Crippen LogP contribution in [0.1, 0.15) is 0 Å². The summed E-state index contributed by atoms with van der Waals surface area (Å²) < 4.78 is 38.0. The van der Waals surface area contributed by atoms with Gasteiger partial charge in [0, 0.05) is 12.7 Å². The average Bonchev–Trinajstić information content (AvgIpc) is 3.23. The first-order valence-electron chi connectivity index (χ1n) is 8.44. The molecule has 0 spiro atoms. The van der Waals surface area contributed by atoms with E-state index in [1.807, 2.05) is 12.1 Å². The number of sulfonamides is 1. The molecule has 0 aliphatic heterocycles. The molecule has 148 valence electrons. The van der Waals surface area contributed by atoms with Crippen LogP contribution in [-0.4, -0.2) is 44.9 Å². The standard InChI is InChI=1S/C19H20N2O5S2/c1-25-15-5-7-16(8-6-15)26-13-14(22)12-21-28(23,24)19-10-9-18(27-19)17-4-2-3-11-20-17/h2-11,14,21-22H,12-13H2,1H3/t14-/m1/s1. The Morgan fingerprint density at radius 1 is 1.11 bits per heavy atom. The van der Waals surface area contributed by atoms with Crippen molar-refractivity contribution < 1.29 is 23.0 Å². The van der Waals surface area contributed by atoms with Crippen LogP contribution < -0.4 is 14.2 Å². The molecule has 3 rings (SSSR count). The highest BCUT2D eigenvalue weighted by atomic mass is 32.2. The smallest absolute Gasteiger partial charge is 0.250 e. The normalized spacial score (nSPS) is 12.5. The quantitative estimate of drug-likeness (QED) is 0.552. The van der Waals surface area contributed by atoms with Gasteiger partial charge in [-0.05, 0) is 48.5 Å². The van der Waals surface area contributed by atoms with Crippen molar-refractivity contribution in [3.05, 3.63) is 60.8 Å². The molecule has 2 N–H and O–H groups in total. The molecule has 0 unspecified atom stereocenters. The molecular weight excluding hydrogens is 400 g/mol. The van der Waals surface area contributed by atoms with E-state index in [1.165, 1.54) is 6.07 Å². The van der Waals surface area contributed by atoms with Gasteiger partial charge in [-0.25, -0.2) is 13.1 Å². The zero-order valence-electron chi connectivity index (χ0n) is 15.1. The summed E-state index contributed by atoms with van der Waals surface area (Å²) in [7, 11) is -2.16. The van der Waals surface area contributed by atoms with Crippen LogP contribution in [0.4, 0.5) is 0 Å². The fraction of sp³-hybridized carbons (Fsp3) is 0.211. The van der Waals surface area contributed by atoms with E-state index in [1.54, 1.807) is 49.7 Å². The van der Waals surface area contributed by atoms with Gasteiger partial charge in [0.05, 0.1) is 17.7 Å². The Balaban J connectivity index is 1.53. The molecule has 1 atom stereocenters. The van der Waals surface area contributed by atoms with Gasteiger partial charge >= 0.3 is 0 Å². The SMILES string of the molecule is COc1ccc(OC[C@H](O)CNS(=O)(=O)c2ccc(-c3ccccn3)s2)cc1. The van der Waals surface area contributed by atoms with Crippen LogP contribution in [0.3, 0.4) is 0 Å². The minimum Gasteiger partial charge on any atom is -0.497 e. The number of aliphatic hydroxyl groups excluding tert-OH is 1. The third-order valence-electron chi connectivity index (χ3n) is 3.77. The maximum Gasteiger partial charge on any atom is 0.250 e. The first-order chi connectivity index (χ1) is 13.5. The highest BCUT2D eigenvalue weighted by Crippen LogP contribution is 2.29. The molecule has 0 amide bonds. The number of aromatic nitrogens is 1. The lowest BCUT2D eigenvalue weighted by molar-refractivity contribution is 0.111. The molecule has 3 aromatic rings. The predicted molar refractivity (Wildman–Crippen MR) is 107 cm³/mol. The molecule has 2 aromatic heterocycles. The fourth-order valence-electron chi connectivity index (χ4n) is 2.31. The number of thiophene rings is 1. The lowest BCUT2D eigenvalue weighted by atomic mass is 10.3. The predicted octanol–water partition coefficient (Wildman–Crippen LogP) is 2.54. The van der Waals surface area contributed by atoms with E-state index >= 15 is 0 Å². The third kappa shape index (κ3) is 5.29. The minimum absolute atomic E-state index is 0.0432. The average molecular weight is 421 g/mol. The molecule has 0 fully saturated rings. The Bertz CT molecular complexity index is 989. The number of hydrogen-bond donors (Lipinski definition) is 2. The highest BCUT2D eigenvalue weighted by molar-refractivity contribution is 7.91. The summed E-state index contributed by atoms with van der Waals surface area (Å²) in [6.07, 6.45) is 0.660. The Morgan fingerprint density at radius 3 is 2.54 bits per heavy atom. The van der Waals surface area contributed by atoms with Gasteiger partial charge in [0.25, 0.3) is 0 Å². The van der Waals surface area contributed by atoms with Crippen LogP contribution in [0, 0.1) is 0 Å². The van der Waals surface area contributed by atoms with E-state index in [9.17, 15) is 13.5 Å². The van der Waals surface area contributed by atoms with Gasteiger partial charge in [-0.3, -0.25) is 4.98 Å². The lowest BCUT2D eigenvalue weighted by Gasteiger charge is -2.13. The van der Waals surface area contributed by atoms with Crippen LogP contribution in [0.5, 0.6) is 11.5 Å². The van der Waals surface area contributed by atoms with Gasteiger partial charge < -0.3 is 14.6 Å². The third-order valence-corrected chi connectivity index (χ3v) is 6.80. The molecule has 0 radical (unpaired) electrons. The molecule has 0 aliphatic carbocycles. The highest BCUT2D eigenvalue weighted by Gasteiger charge is 2.19. The van der Waals surface area contributed by atoms with Gasteiger partial charge in [0.15, 0.2) is 0 Å². The van der Waals surface area contributed by atoms with E-state index in [4.69, 9.17) is 9.47 Å². The molecule has 0 saturated heterocycles. The molecule has 0 saturated carbocycles. The maximum atomic E-state index is 12.4. The zero-order chi connectivity index (χ0) is 20.0. The molecule has 2 heterocycles. The number of pyridine rings is 1. The second kappa shape index (κ2) is 9.16. The topological polar surface area (TPSA) is 97.7 Å². The molecule has 28 heavy (non-hydrogen) atoms. The van der Waals surface area contributed by atoms with Gasteiger partial charge in [0.2, 0.25) is 10.0 Å². The van der Waals surface area contributed by atoms with Crippen LogP contribution >= 0.6 is 11.3 Å². The summed E-state index contributed by atoms with van der Waals surface area (Å²) >= 11 is 1.12. The van der Waals surface area contributed by atoms with Gasteiger partial charge in [-0.15, -0.1) is 11.3 Å².